The van der Waals surface area contributed by atoms with Crippen LogP contribution in [-0.4, -0.2) is 48.5 Å². The number of rotatable bonds is 13. The number of aliphatic hydroxyl groups is 1. The number of fused-ring (bicyclic) bond motifs is 1. The zero-order valence-electron chi connectivity index (χ0n) is 26.0. The Balaban J connectivity index is 0.000000233. The molecule has 0 radical (unpaired) electrons. The van der Waals surface area contributed by atoms with Crippen LogP contribution in [0.15, 0.2) is 72.8 Å². The average molecular weight is 598 g/mol. The number of anilines is 1. The first-order chi connectivity index (χ1) is 21.5. The average Bonchev–Trinajstić information content (AvgIpc) is 3.47. The predicted octanol–water partition coefficient (Wildman–Crippen LogP) is 6.12. The van der Waals surface area contributed by atoms with E-state index in [2.05, 4.69) is 58.8 Å². The summed E-state index contributed by atoms with van der Waals surface area (Å²) >= 11 is 0. The van der Waals surface area contributed by atoms with Crippen molar-refractivity contribution in [1.82, 2.24) is 5.32 Å². The lowest BCUT2D eigenvalue weighted by atomic mass is 9.85. The largest absolute Gasteiger partial charge is 0.481 e. The number of carboxylic acids is 1. The zero-order valence-corrected chi connectivity index (χ0v) is 26.0. The Bertz CT molecular complexity index is 1340. The third-order valence-corrected chi connectivity index (χ3v) is 8.68. The van der Waals surface area contributed by atoms with Crippen LogP contribution in [0.2, 0.25) is 0 Å². The number of aliphatic hydroxyl groups excluding tert-OH is 1. The fourth-order valence-corrected chi connectivity index (χ4v) is 6.22. The van der Waals surface area contributed by atoms with Gasteiger partial charge < -0.3 is 25.2 Å². The van der Waals surface area contributed by atoms with Gasteiger partial charge in [0.15, 0.2) is 0 Å². The Hall–Kier alpha value is -3.70. The van der Waals surface area contributed by atoms with Crippen molar-refractivity contribution >= 4 is 11.7 Å². The first kappa shape index (κ1) is 33.2. The van der Waals surface area contributed by atoms with Crippen molar-refractivity contribution in [2.75, 3.05) is 31.2 Å². The molecule has 0 spiro atoms. The lowest BCUT2D eigenvalue weighted by molar-refractivity contribution is -0.141. The Labute approximate surface area is 262 Å². The van der Waals surface area contributed by atoms with Gasteiger partial charge in [0.25, 0.3) is 0 Å². The summed E-state index contributed by atoms with van der Waals surface area (Å²) in [7, 11) is 0. The molecule has 1 saturated carbocycles. The standard InChI is InChI=1S/C23H26N2O3.C14H21NO/c1-17(23(26)27)12-19-13-20-8-10-25(22(20)21(14-19)15-24)9-5-11-28-16-18-6-3-2-4-7-18;16-11-13-8-4-5-9-14(13)15-10-12-6-2-1-3-7-12/h2-4,6-7,13-14,17H,5,8-12,16H2,1H3,(H,26,27);1-3,6-7,13-16H,4-5,8-11H2/t17-;13-,14-/m11/s1. The van der Waals surface area contributed by atoms with Gasteiger partial charge in [0, 0.05) is 38.9 Å². The Morgan fingerprint density at radius 1 is 1.05 bits per heavy atom. The second-order valence-corrected chi connectivity index (χ2v) is 12.0. The summed E-state index contributed by atoms with van der Waals surface area (Å²) in [4.78, 5) is 13.4. The molecule has 3 atom stereocenters. The smallest absolute Gasteiger partial charge is 0.306 e. The Morgan fingerprint density at radius 3 is 2.43 bits per heavy atom. The van der Waals surface area contributed by atoms with Crippen molar-refractivity contribution in [3.8, 4) is 6.07 Å². The number of carboxylic acid groups (broad SMARTS) is 1. The van der Waals surface area contributed by atoms with Gasteiger partial charge in [0.1, 0.15) is 6.07 Å². The number of hydrogen-bond donors (Lipinski definition) is 3. The number of hydrogen-bond acceptors (Lipinski definition) is 6. The van der Waals surface area contributed by atoms with E-state index in [1.54, 1.807) is 6.92 Å². The minimum atomic E-state index is -0.809. The summed E-state index contributed by atoms with van der Waals surface area (Å²) in [6, 6.07) is 27.3. The molecule has 44 heavy (non-hydrogen) atoms. The third kappa shape index (κ3) is 9.92. The summed E-state index contributed by atoms with van der Waals surface area (Å²) in [6.45, 7) is 5.97. The molecule has 0 aromatic heterocycles. The molecule has 1 aliphatic heterocycles. The van der Waals surface area contributed by atoms with Crippen LogP contribution in [0, 0.1) is 23.2 Å². The van der Waals surface area contributed by atoms with Crippen molar-refractivity contribution in [3.05, 3.63) is 101 Å². The van der Waals surface area contributed by atoms with Crippen LogP contribution >= 0.6 is 0 Å². The maximum Gasteiger partial charge on any atom is 0.306 e. The number of benzene rings is 3. The summed E-state index contributed by atoms with van der Waals surface area (Å²) in [5.74, 6) is -0.808. The molecule has 3 N–H and O–H groups in total. The van der Waals surface area contributed by atoms with Crippen LogP contribution in [-0.2, 0) is 35.5 Å². The Kier molecular flexibility index (Phi) is 13.2. The molecule has 3 aromatic carbocycles. The quantitative estimate of drug-likeness (QED) is 0.204. The van der Waals surface area contributed by atoms with E-state index in [1.807, 2.05) is 30.3 Å². The predicted molar refractivity (Wildman–Crippen MR) is 174 cm³/mol. The fraction of sp³-hybridized carbons (Fsp3) is 0.459. The first-order valence-corrected chi connectivity index (χ1v) is 16.0. The molecule has 0 unspecified atom stereocenters. The van der Waals surface area contributed by atoms with Crippen molar-refractivity contribution in [3.63, 3.8) is 0 Å². The molecule has 1 heterocycles. The molecule has 0 bridgehead atoms. The molecule has 0 amide bonds. The molecule has 234 valence electrons. The highest BCUT2D eigenvalue weighted by atomic mass is 16.5. The van der Waals surface area contributed by atoms with E-state index in [0.29, 0.717) is 43.8 Å². The van der Waals surface area contributed by atoms with Crippen LogP contribution in [0.25, 0.3) is 0 Å². The van der Waals surface area contributed by atoms with Gasteiger partial charge in [-0.05, 0) is 66.3 Å². The lowest BCUT2D eigenvalue weighted by Gasteiger charge is -2.31. The first-order valence-electron chi connectivity index (χ1n) is 16.0. The molecule has 0 saturated heterocycles. The zero-order chi connectivity index (χ0) is 31.1. The molecule has 7 nitrogen and oxygen atoms in total. The third-order valence-electron chi connectivity index (χ3n) is 8.68. The molecule has 1 fully saturated rings. The van der Waals surface area contributed by atoms with Crippen molar-refractivity contribution in [1.29, 1.82) is 5.26 Å². The highest BCUT2D eigenvalue weighted by molar-refractivity contribution is 5.71. The number of nitriles is 1. The van der Waals surface area contributed by atoms with Gasteiger partial charge in [-0.2, -0.15) is 5.26 Å². The lowest BCUT2D eigenvalue weighted by Crippen LogP contribution is -2.39. The second-order valence-electron chi connectivity index (χ2n) is 12.0. The minimum absolute atomic E-state index is 0.326. The van der Waals surface area contributed by atoms with Crippen molar-refractivity contribution < 1.29 is 19.7 Å². The molecule has 3 aromatic rings. The van der Waals surface area contributed by atoms with Gasteiger partial charge in [0.2, 0.25) is 0 Å². The number of aliphatic carboxylic acids is 1. The van der Waals surface area contributed by atoms with E-state index in [0.717, 1.165) is 49.3 Å². The van der Waals surface area contributed by atoms with E-state index in [-0.39, 0.29) is 0 Å². The highest BCUT2D eigenvalue weighted by Crippen LogP contribution is 2.33. The maximum atomic E-state index is 11.1. The topological polar surface area (TPSA) is 106 Å². The molecule has 7 heteroatoms. The number of nitrogens with zero attached hydrogens (tertiary/aromatic N) is 2. The van der Waals surface area contributed by atoms with Gasteiger partial charge in [0.05, 0.1) is 23.8 Å². The Morgan fingerprint density at radius 2 is 1.75 bits per heavy atom. The molecule has 2 aliphatic rings. The van der Waals surface area contributed by atoms with Crippen LogP contribution in [0.1, 0.15) is 66.8 Å². The van der Waals surface area contributed by atoms with E-state index < -0.39 is 11.9 Å². The highest BCUT2D eigenvalue weighted by Gasteiger charge is 2.25. The molecular weight excluding hydrogens is 550 g/mol. The van der Waals surface area contributed by atoms with Crippen LogP contribution in [0.5, 0.6) is 0 Å². The monoisotopic (exact) mass is 597 g/mol. The number of carbonyl (C=O) groups is 1. The summed E-state index contributed by atoms with van der Waals surface area (Å²) in [5, 5.41) is 31.6. The maximum absolute atomic E-state index is 11.1. The van der Waals surface area contributed by atoms with E-state index >= 15 is 0 Å². The summed E-state index contributed by atoms with van der Waals surface area (Å²) in [6.07, 6.45) is 7.18. The van der Waals surface area contributed by atoms with Gasteiger partial charge >= 0.3 is 5.97 Å². The summed E-state index contributed by atoms with van der Waals surface area (Å²) in [5.41, 5.74) is 6.23. The fourth-order valence-electron chi connectivity index (χ4n) is 6.22. The molecule has 5 rings (SSSR count). The van der Waals surface area contributed by atoms with Gasteiger partial charge in [-0.25, -0.2) is 0 Å². The van der Waals surface area contributed by atoms with Crippen molar-refractivity contribution in [2.45, 2.75) is 71.1 Å². The molecule has 1 aliphatic carbocycles. The SMILES string of the molecule is C[C@H](Cc1cc(C#N)c2c(c1)CCN2CCCOCc1ccccc1)C(=O)O.OC[C@H]1CCCC[C@H]1NCc1ccccc1. The van der Waals surface area contributed by atoms with Gasteiger partial charge in [-0.15, -0.1) is 0 Å². The summed E-state index contributed by atoms with van der Waals surface area (Å²) < 4.78 is 5.76. The number of ether oxygens (including phenoxy) is 1. The minimum Gasteiger partial charge on any atom is -0.481 e. The van der Waals surface area contributed by atoms with Crippen LogP contribution < -0.4 is 10.2 Å². The second kappa shape index (κ2) is 17.6. The van der Waals surface area contributed by atoms with Gasteiger partial charge in [-0.3, -0.25) is 4.79 Å². The van der Waals surface area contributed by atoms with Crippen LogP contribution in [0.4, 0.5) is 5.69 Å². The van der Waals surface area contributed by atoms with E-state index in [9.17, 15) is 15.2 Å². The molecular formula is C37H47N3O4. The van der Waals surface area contributed by atoms with E-state index in [4.69, 9.17) is 9.84 Å². The van der Waals surface area contributed by atoms with Crippen molar-refractivity contribution in [2.24, 2.45) is 11.8 Å². The van der Waals surface area contributed by atoms with Gasteiger partial charge in [-0.1, -0.05) is 86.5 Å². The normalized spacial score (nSPS) is 18.1. The van der Waals surface area contributed by atoms with Crippen LogP contribution in [0.3, 0.4) is 0 Å². The number of nitrogens with one attached hydrogen (secondary N) is 1. The van der Waals surface area contributed by atoms with E-state index in [1.165, 1.54) is 36.8 Å².